The van der Waals surface area contributed by atoms with Crippen molar-refractivity contribution in [2.45, 2.75) is 50.4 Å². The van der Waals surface area contributed by atoms with Crippen LogP contribution in [0.25, 0.3) is 0 Å². The molecule has 1 aliphatic heterocycles. The summed E-state index contributed by atoms with van der Waals surface area (Å²) in [4.78, 5) is 37.8. The number of hydrogen-bond donors (Lipinski definition) is 3. The topological polar surface area (TPSA) is 158 Å². The number of nitrogens with zero attached hydrogens (tertiary/aromatic N) is 1. The first-order valence-electron chi connectivity index (χ1n) is 11.3. The second-order valence-corrected chi connectivity index (χ2v) is 10.4. The molecule has 1 aromatic heterocycles. The first-order chi connectivity index (χ1) is 17.3. The Morgan fingerprint density at radius 1 is 1.35 bits per heavy atom. The van der Waals surface area contributed by atoms with Gasteiger partial charge in [0.1, 0.15) is 30.1 Å². The van der Waals surface area contributed by atoms with Crippen molar-refractivity contribution in [3.8, 4) is 5.75 Å². The molecule has 14 heteroatoms. The average Bonchev–Trinajstić information content (AvgIpc) is 3.09. The number of alkyl halides is 1. The number of esters is 1. The molecule has 1 aliphatic rings. The Balaban J connectivity index is 1.87. The van der Waals surface area contributed by atoms with E-state index in [1.807, 2.05) is 4.98 Å². The largest absolute Gasteiger partial charge is 0.462 e. The van der Waals surface area contributed by atoms with E-state index in [-0.39, 0.29) is 5.75 Å². The maximum absolute atomic E-state index is 15.9. The van der Waals surface area contributed by atoms with Gasteiger partial charge in [0.05, 0.1) is 12.7 Å². The van der Waals surface area contributed by atoms with E-state index >= 15 is 4.39 Å². The molecule has 0 radical (unpaired) electrons. The highest BCUT2D eigenvalue weighted by Crippen LogP contribution is 2.48. The standard InChI is InChI=1S/C23H29FN3O9P/c1-5-22(20(30)23(24,14-33-22)27-12-11-18(28)25-21(27)31)13-34-37(32,36-17-9-7-6-8-10-17)26-16(4)19(29)35-15(2)3/h5-12,15-16,20,30H,1,13-14H2,2-4H3,(H,26,32)(H,25,28,31)/t16?,20-,22-,23-,37?/m1/s1. The van der Waals surface area contributed by atoms with Gasteiger partial charge < -0.3 is 19.1 Å². The lowest BCUT2D eigenvalue weighted by atomic mass is 9.93. The van der Waals surface area contributed by atoms with Gasteiger partial charge in [0.15, 0.2) is 0 Å². The van der Waals surface area contributed by atoms with E-state index in [2.05, 4.69) is 11.7 Å². The van der Waals surface area contributed by atoms with Gasteiger partial charge in [-0.25, -0.2) is 13.8 Å². The Morgan fingerprint density at radius 3 is 2.62 bits per heavy atom. The van der Waals surface area contributed by atoms with Gasteiger partial charge >= 0.3 is 19.4 Å². The summed E-state index contributed by atoms with van der Waals surface area (Å²) in [5.41, 5.74) is -3.87. The second kappa shape index (κ2) is 11.1. The van der Waals surface area contributed by atoms with E-state index in [4.69, 9.17) is 18.5 Å². The monoisotopic (exact) mass is 541 g/mol. The van der Waals surface area contributed by atoms with Crippen LogP contribution >= 0.6 is 7.75 Å². The lowest BCUT2D eigenvalue weighted by Gasteiger charge is -2.33. The van der Waals surface area contributed by atoms with E-state index < -0.39 is 67.8 Å². The van der Waals surface area contributed by atoms with Gasteiger partial charge in [-0.1, -0.05) is 24.3 Å². The number of carbonyl (C=O) groups excluding carboxylic acids is 1. The number of hydrogen-bond acceptors (Lipinski definition) is 9. The number of aliphatic hydroxyl groups excluding tert-OH is 1. The van der Waals surface area contributed by atoms with E-state index in [1.54, 1.807) is 32.0 Å². The lowest BCUT2D eigenvalue weighted by molar-refractivity contribution is -0.149. The maximum Gasteiger partial charge on any atom is 0.459 e. The van der Waals surface area contributed by atoms with E-state index in [0.29, 0.717) is 4.57 Å². The zero-order valence-corrected chi connectivity index (χ0v) is 21.4. The molecule has 2 unspecified atom stereocenters. The van der Waals surface area contributed by atoms with Crippen LogP contribution in [0.3, 0.4) is 0 Å². The quantitative estimate of drug-likeness (QED) is 0.217. The Hall–Kier alpha value is -3.09. The number of nitrogens with one attached hydrogen (secondary N) is 2. The highest BCUT2D eigenvalue weighted by molar-refractivity contribution is 7.52. The number of aromatic amines is 1. The van der Waals surface area contributed by atoms with Crippen LogP contribution in [-0.4, -0.2) is 57.7 Å². The summed E-state index contributed by atoms with van der Waals surface area (Å²) in [6.07, 6.45) is -0.610. The van der Waals surface area contributed by atoms with E-state index in [9.17, 15) is 24.1 Å². The molecule has 0 aliphatic carbocycles. The molecular weight excluding hydrogens is 512 g/mol. The number of aliphatic hydroxyl groups is 1. The van der Waals surface area contributed by atoms with Crippen LogP contribution in [0.1, 0.15) is 20.8 Å². The summed E-state index contributed by atoms with van der Waals surface area (Å²) in [6.45, 7) is 6.65. The van der Waals surface area contributed by atoms with Gasteiger partial charge in [-0.2, -0.15) is 5.09 Å². The summed E-state index contributed by atoms with van der Waals surface area (Å²) in [5, 5.41) is 13.4. The molecule has 0 amide bonds. The fourth-order valence-corrected chi connectivity index (χ4v) is 5.08. The molecule has 0 bridgehead atoms. The molecule has 37 heavy (non-hydrogen) atoms. The van der Waals surface area contributed by atoms with Crippen LogP contribution in [0.2, 0.25) is 0 Å². The lowest BCUT2D eigenvalue weighted by Crippen LogP contribution is -2.53. The third-order valence-corrected chi connectivity index (χ3v) is 7.10. The molecule has 3 rings (SSSR count). The molecule has 1 saturated heterocycles. The molecule has 1 aromatic carbocycles. The Morgan fingerprint density at radius 2 is 2.03 bits per heavy atom. The molecule has 5 atom stereocenters. The number of rotatable bonds is 11. The van der Waals surface area contributed by atoms with Crippen molar-refractivity contribution in [2.24, 2.45) is 0 Å². The van der Waals surface area contributed by atoms with Crippen LogP contribution in [-0.2, 0) is 29.1 Å². The SMILES string of the molecule is C=C[C@]1(COP(=O)(NC(C)C(=O)OC(C)C)Oc2ccccc2)OC[C@@](F)(n2ccc(=O)[nH]c2=O)[C@@H]1O. The first-order valence-corrected chi connectivity index (χ1v) is 12.8. The molecule has 3 N–H and O–H groups in total. The zero-order valence-electron chi connectivity index (χ0n) is 20.5. The molecular formula is C23H29FN3O9P. The minimum atomic E-state index is -4.39. The van der Waals surface area contributed by atoms with Crippen LogP contribution in [0.15, 0.2) is 64.8 Å². The van der Waals surface area contributed by atoms with E-state index in [1.165, 1.54) is 19.1 Å². The highest BCUT2D eigenvalue weighted by atomic mass is 31.2. The van der Waals surface area contributed by atoms with Gasteiger partial charge in [-0.05, 0) is 32.9 Å². The Kier molecular flexibility index (Phi) is 8.56. The minimum Gasteiger partial charge on any atom is -0.462 e. The van der Waals surface area contributed by atoms with Crippen molar-refractivity contribution in [1.82, 2.24) is 14.6 Å². The molecule has 0 saturated carbocycles. The average molecular weight is 541 g/mol. The Labute approximate surface area is 211 Å². The first kappa shape index (κ1) is 28.5. The smallest absolute Gasteiger partial charge is 0.459 e. The van der Waals surface area contributed by atoms with Gasteiger partial charge in [-0.3, -0.25) is 23.7 Å². The number of H-pyrrole nitrogens is 1. The zero-order chi connectivity index (χ0) is 27.4. The summed E-state index contributed by atoms with van der Waals surface area (Å²) < 4.78 is 51.8. The number of ether oxygens (including phenoxy) is 2. The molecule has 12 nitrogen and oxygen atoms in total. The van der Waals surface area contributed by atoms with Gasteiger partial charge in [0.25, 0.3) is 5.56 Å². The summed E-state index contributed by atoms with van der Waals surface area (Å²) in [5.74, 6) is -3.43. The number of halogens is 1. The number of benzene rings is 1. The van der Waals surface area contributed by atoms with E-state index in [0.717, 1.165) is 18.3 Å². The van der Waals surface area contributed by atoms with Crippen molar-refractivity contribution < 1.29 is 37.4 Å². The van der Waals surface area contributed by atoms with Crippen molar-refractivity contribution in [3.05, 3.63) is 76.1 Å². The predicted molar refractivity (Wildman–Crippen MR) is 130 cm³/mol. The van der Waals surface area contributed by atoms with Crippen molar-refractivity contribution in [3.63, 3.8) is 0 Å². The molecule has 0 spiro atoms. The van der Waals surface area contributed by atoms with Gasteiger partial charge in [-0.15, -0.1) is 6.58 Å². The van der Waals surface area contributed by atoms with Gasteiger partial charge in [0, 0.05) is 12.3 Å². The fraction of sp³-hybridized carbons (Fsp3) is 0.435. The van der Waals surface area contributed by atoms with Crippen LogP contribution in [0.5, 0.6) is 5.75 Å². The third-order valence-electron chi connectivity index (χ3n) is 5.48. The molecule has 2 heterocycles. The third kappa shape index (κ3) is 6.25. The molecule has 1 fully saturated rings. The van der Waals surface area contributed by atoms with Crippen LogP contribution in [0.4, 0.5) is 4.39 Å². The summed E-state index contributed by atoms with van der Waals surface area (Å²) in [7, 11) is -4.39. The maximum atomic E-state index is 15.9. The number of para-hydroxylation sites is 1. The number of carbonyl (C=O) groups is 1. The summed E-state index contributed by atoms with van der Waals surface area (Å²) >= 11 is 0. The second-order valence-electron chi connectivity index (χ2n) is 8.66. The minimum absolute atomic E-state index is 0.128. The molecule has 202 valence electrons. The van der Waals surface area contributed by atoms with Crippen LogP contribution < -0.4 is 20.9 Å². The normalized spacial score (nSPS) is 25.8. The van der Waals surface area contributed by atoms with Gasteiger partial charge in [0.2, 0.25) is 5.79 Å². The molecule has 2 aromatic rings. The van der Waals surface area contributed by atoms with Crippen LogP contribution in [0, 0.1) is 0 Å². The summed E-state index contributed by atoms with van der Waals surface area (Å²) in [6, 6.07) is 7.68. The number of aromatic nitrogens is 2. The Bertz CT molecular complexity index is 1280. The van der Waals surface area contributed by atoms with Crippen molar-refractivity contribution in [2.75, 3.05) is 13.2 Å². The van der Waals surface area contributed by atoms with Crippen molar-refractivity contribution >= 4 is 13.7 Å². The predicted octanol–water partition coefficient (Wildman–Crippen LogP) is 1.61. The highest BCUT2D eigenvalue weighted by Gasteiger charge is 2.60. The fourth-order valence-electron chi connectivity index (χ4n) is 3.55. The van der Waals surface area contributed by atoms with Crippen molar-refractivity contribution in [1.29, 1.82) is 0 Å².